The molecule has 90 heavy (non-hydrogen) atoms. The first-order valence-electron chi connectivity index (χ1n) is 28.2. The smallest absolute Gasteiger partial charge is 0.295 e. The molecule has 3 aliphatic carbocycles. The van der Waals surface area contributed by atoms with Crippen molar-refractivity contribution < 1.29 is 43.9 Å². The summed E-state index contributed by atoms with van der Waals surface area (Å²) in [5.41, 5.74) is 2.42. The van der Waals surface area contributed by atoms with Gasteiger partial charge in [-0.2, -0.15) is 0 Å². The van der Waals surface area contributed by atoms with Gasteiger partial charge in [0.25, 0.3) is 51.8 Å². The van der Waals surface area contributed by atoms with E-state index in [2.05, 4.69) is 28.1 Å². The Balaban J connectivity index is 0.000000148. The highest BCUT2D eigenvalue weighted by atomic mass is 35.5. The minimum atomic E-state index is -0.838. The summed E-state index contributed by atoms with van der Waals surface area (Å²) in [6.45, 7) is 1.31. The number of nitro groups is 6. The van der Waals surface area contributed by atoms with E-state index in [1.165, 1.54) is 6.92 Å². The van der Waals surface area contributed by atoms with E-state index in [4.69, 9.17) is 23.2 Å². The van der Waals surface area contributed by atoms with Crippen molar-refractivity contribution in [3.8, 4) is 0 Å². The second kappa shape index (κ2) is 26.2. The van der Waals surface area contributed by atoms with E-state index in [0.717, 1.165) is 147 Å². The fourth-order valence-electron chi connectivity index (χ4n) is 12.2. The molecule has 0 aromatic heterocycles. The van der Waals surface area contributed by atoms with Gasteiger partial charge in [0.05, 0.1) is 64.4 Å². The first kappa shape index (κ1) is 62.2. The van der Waals surface area contributed by atoms with Crippen molar-refractivity contribution in [1.29, 1.82) is 0 Å². The molecule has 456 valence electrons. The van der Waals surface area contributed by atoms with Crippen LogP contribution in [0.1, 0.15) is 127 Å². The number of carbonyl (C=O) groups excluding carboxylic acids is 3. The lowest BCUT2D eigenvalue weighted by atomic mass is 9.84. The number of fused-ring (bicyclic) bond motifs is 9. The Morgan fingerprint density at radius 3 is 0.878 bits per heavy atom. The number of rotatable bonds is 12. The van der Waals surface area contributed by atoms with E-state index >= 15 is 0 Å². The Hall–Kier alpha value is -10.9. The Bertz CT molecular complexity index is 3970. The molecule has 0 bridgehead atoms. The average molecular weight is 1260 g/mol. The maximum Gasteiger partial charge on any atom is 0.295 e. The molecule has 0 fully saturated rings. The largest absolute Gasteiger partial charge is 0.345 e. The van der Waals surface area contributed by atoms with Gasteiger partial charge in [0.2, 0.25) is 0 Å². The lowest BCUT2D eigenvalue weighted by Crippen LogP contribution is -2.31. The van der Waals surface area contributed by atoms with E-state index in [9.17, 15) is 75.1 Å². The molecular weight excluding hydrogens is 1210 g/mol. The molecule has 0 radical (unpaired) electrons. The number of nitrogens with one attached hydrogen (secondary N) is 3. The molecule has 3 aliphatic rings. The topological polar surface area (TPSA) is 346 Å². The molecule has 9 aromatic rings. The first-order chi connectivity index (χ1) is 43.1. The molecule has 0 heterocycles. The predicted molar refractivity (Wildman–Crippen MR) is 335 cm³/mol. The minimum Gasteiger partial charge on any atom is -0.345 e. The highest BCUT2D eigenvalue weighted by molar-refractivity contribution is 6.35. The normalized spacial score (nSPS) is 15.4. The third-order valence-electron chi connectivity index (χ3n) is 16.3. The SMILES string of the molecule is Cc1c([N+](=O)[O-])cc(C(=O)N[C@H]2CCCc3ccc4ccccc4c32)cc1[N+](=O)[O-].O=C(NC1CCCc2ccc3ccccc3c21)c1cc([N+](=O)[O-])c(Cl)c([N+](=O)[O-])c1.O=C(N[C@@H]1CCCc2ccc3ccccc3c21)c1cc([N+](=O)[O-])c(Cl)c([N+](=O)[O-])c1. The molecule has 3 amide bonds. The highest BCUT2D eigenvalue weighted by Crippen LogP contribution is 2.42. The van der Waals surface area contributed by atoms with E-state index in [-0.39, 0.29) is 40.4 Å². The Kier molecular flexibility index (Phi) is 18.1. The Morgan fingerprint density at radius 2 is 0.622 bits per heavy atom. The third-order valence-corrected chi connectivity index (χ3v) is 17.1. The molecule has 0 aliphatic heterocycles. The predicted octanol–water partition coefficient (Wildman–Crippen LogP) is 15.0. The van der Waals surface area contributed by atoms with Crippen molar-refractivity contribution in [3.63, 3.8) is 0 Å². The standard InChI is InChI=1S/C22H19N3O5.2C21H16ClN3O5/c1-13-19(24(27)28)11-16(12-20(13)25(29)30)22(26)23-18-8-4-6-15-10-9-14-5-2-3-7-17(14)21(15)18;2*22-20-17(24(27)28)10-14(11-18(20)25(29)30)21(26)23-16-7-3-5-13-9-8-12-4-1-2-6-15(12)19(13)16/h2-3,5,7,9-12,18H,4,6,8H2,1H3,(H,23,26);2*1-2,4,6,8-11,16H,3,5,7H2,(H,23,26)/t18-;16-;/m01./s1. The van der Waals surface area contributed by atoms with Crippen LogP contribution in [-0.4, -0.2) is 47.3 Å². The Morgan fingerprint density at radius 1 is 0.378 bits per heavy atom. The van der Waals surface area contributed by atoms with Crippen LogP contribution in [0.2, 0.25) is 10.0 Å². The molecule has 0 saturated heterocycles. The number of nitrogens with zero attached hydrogens (tertiary/aromatic N) is 6. The van der Waals surface area contributed by atoms with Gasteiger partial charge in [-0.05, 0) is 130 Å². The van der Waals surface area contributed by atoms with Gasteiger partial charge in [-0.3, -0.25) is 75.1 Å². The molecule has 3 atom stereocenters. The first-order valence-corrected chi connectivity index (χ1v) is 29.0. The second-order valence-corrected chi connectivity index (χ2v) is 22.4. The van der Waals surface area contributed by atoms with Crippen LogP contribution in [0, 0.1) is 67.6 Å². The van der Waals surface area contributed by atoms with Crippen molar-refractivity contribution in [2.45, 2.75) is 82.8 Å². The van der Waals surface area contributed by atoms with Crippen LogP contribution in [0.25, 0.3) is 32.3 Å². The Labute approximate surface area is 519 Å². The minimum absolute atomic E-state index is 0.0736. The zero-order valence-corrected chi connectivity index (χ0v) is 49.0. The van der Waals surface area contributed by atoms with Crippen LogP contribution in [0.15, 0.2) is 146 Å². The third kappa shape index (κ3) is 12.8. The van der Waals surface area contributed by atoms with Crippen molar-refractivity contribution in [2.75, 3.05) is 0 Å². The van der Waals surface area contributed by atoms with Crippen molar-refractivity contribution >= 4 is 107 Å². The van der Waals surface area contributed by atoms with E-state index in [1.807, 2.05) is 97.1 Å². The number of hydrogen-bond donors (Lipinski definition) is 3. The van der Waals surface area contributed by atoms with Crippen LogP contribution in [0.3, 0.4) is 0 Å². The fourth-order valence-corrected chi connectivity index (χ4v) is 12.7. The van der Waals surface area contributed by atoms with Crippen molar-refractivity contribution in [3.05, 3.63) is 272 Å². The quantitative estimate of drug-likeness (QED) is 0.0756. The molecule has 0 saturated carbocycles. The molecular formula is C64H51Cl2N9O15. The number of halogens is 2. The van der Waals surface area contributed by atoms with E-state index < -0.39 is 91.4 Å². The van der Waals surface area contributed by atoms with Crippen molar-refractivity contribution in [2.24, 2.45) is 0 Å². The zero-order valence-electron chi connectivity index (χ0n) is 47.5. The summed E-state index contributed by atoms with van der Waals surface area (Å²) in [7, 11) is 0. The molecule has 9 aromatic carbocycles. The van der Waals surface area contributed by atoms with Gasteiger partial charge in [-0.1, -0.05) is 132 Å². The van der Waals surface area contributed by atoms with Gasteiger partial charge in [0, 0.05) is 36.4 Å². The van der Waals surface area contributed by atoms with Gasteiger partial charge in [0.1, 0.15) is 5.56 Å². The lowest BCUT2D eigenvalue weighted by Gasteiger charge is -2.28. The molecule has 12 rings (SSSR count). The molecule has 26 heteroatoms. The van der Waals surface area contributed by atoms with Crippen LogP contribution >= 0.6 is 23.2 Å². The second-order valence-electron chi connectivity index (χ2n) is 21.7. The summed E-state index contributed by atoms with van der Waals surface area (Å²) in [5.74, 6) is -1.81. The van der Waals surface area contributed by atoms with Gasteiger partial charge >= 0.3 is 0 Å². The van der Waals surface area contributed by atoms with Crippen LogP contribution < -0.4 is 16.0 Å². The molecule has 3 N–H and O–H groups in total. The van der Waals surface area contributed by atoms with Crippen LogP contribution in [0.4, 0.5) is 34.1 Å². The zero-order chi connectivity index (χ0) is 64.2. The summed E-state index contributed by atoms with van der Waals surface area (Å²) >= 11 is 11.6. The summed E-state index contributed by atoms with van der Waals surface area (Å²) in [5, 5.41) is 81.5. The molecule has 0 spiro atoms. The maximum atomic E-state index is 13.0. The fraction of sp³-hybridized carbons (Fsp3) is 0.203. The molecule has 24 nitrogen and oxygen atoms in total. The summed E-state index contributed by atoms with van der Waals surface area (Å²) < 4.78 is 0. The van der Waals surface area contributed by atoms with Gasteiger partial charge in [-0.25, -0.2) is 0 Å². The maximum absolute atomic E-state index is 13.0. The number of amides is 3. The monoisotopic (exact) mass is 1260 g/mol. The van der Waals surface area contributed by atoms with Crippen molar-refractivity contribution in [1.82, 2.24) is 16.0 Å². The average Bonchev–Trinajstić information content (AvgIpc) is 0.843. The number of carbonyl (C=O) groups is 3. The van der Waals surface area contributed by atoms with Gasteiger partial charge in [-0.15, -0.1) is 0 Å². The number of nitro benzene ring substituents is 6. The lowest BCUT2D eigenvalue weighted by molar-refractivity contribution is -0.395. The highest BCUT2D eigenvalue weighted by Gasteiger charge is 2.33. The summed E-state index contributed by atoms with van der Waals surface area (Å²) in [6, 6.07) is 41.2. The van der Waals surface area contributed by atoms with Gasteiger partial charge in [0.15, 0.2) is 10.0 Å². The van der Waals surface area contributed by atoms with E-state index in [1.54, 1.807) is 0 Å². The van der Waals surface area contributed by atoms with Gasteiger partial charge < -0.3 is 16.0 Å². The van der Waals surface area contributed by atoms with Crippen LogP contribution in [-0.2, 0) is 19.3 Å². The number of benzene rings is 9. The summed E-state index contributed by atoms with van der Waals surface area (Å²) in [4.78, 5) is 102. The van der Waals surface area contributed by atoms with Crippen LogP contribution in [0.5, 0.6) is 0 Å². The number of aryl methyl sites for hydroxylation is 3. The molecule has 1 unspecified atom stereocenters. The van der Waals surface area contributed by atoms with E-state index in [0.29, 0.717) is 12.8 Å². The number of hydrogen-bond acceptors (Lipinski definition) is 15. The summed E-state index contributed by atoms with van der Waals surface area (Å²) in [6.07, 6.45) is 7.46.